The van der Waals surface area contributed by atoms with Gasteiger partial charge in [-0.1, -0.05) is 78.9 Å². The maximum Gasteiger partial charge on any atom is 0.253 e. The lowest BCUT2D eigenvalue weighted by atomic mass is 9.98. The van der Waals surface area contributed by atoms with Gasteiger partial charge in [0.25, 0.3) is 5.91 Å². The molecule has 0 aromatic heterocycles. The Hall–Kier alpha value is -3.44. The molecule has 1 aliphatic rings. The van der Waals surface area contributed by atoms with Crippen molar-refractivity contribution in [1.29, 1.82) is 0 Å². The van der Waals surface area contributed by atoms with E-state index in [2.05, 4.69) is 10.2 Å². The highest BCUT2D eigenvalue weighted by molar-refractivity contribution is 5.94. The number of carbonyl (C=O) groups is 2. The average molecular weight is 428 g/mol. The number of benzene rings is 3. The summed E-state index contributed by atoms with van der Waals surface area (Å²) in [6.45, 7) is 4.53. The van der Waals surface area contributed by atoms with Crippen molar-refractivity contribution in [3.05, 3.63) is 108 Å². The van der Waals surface area contributed by atoms with E-state index in [0.717, 1.165) is 11.1 Å². The summed E-state index contributed by atoms with van der Waals surface area (Å²) in [7, 11) is 0. The Labute approximate surface area is 189 Å². The van der Waals surface area contributed by atoms with Crippen LogP contribution >= 0.6 is 0 Å². The van der Waals surface area contributed by atoms with Crippen molar-refractivity contribution in [2.24, 2.45) is 0 Å². The van der Waals surface area contributed by atoms with Gasteiger partial charge in [-0.15, -0.1) is 0 Å². The molecule has 1 fully saturated rings. The topological polar surface area (TPSA) is 52.7 Å². The molecule has 1 N–H and O–H groups in total. The fraction of sp³-hybridized carbons (Fsp3) is 0.259. The Morgan fingerprint density at radius 1 is 0.719 bits per heavy atom. The van der Waals surface area contributed by atoms with E-state index in [4.69, 9.17) is 0 Å². The molecule has 32 heavy (non-hydrogen) atoms. The summed E-state index contributed by atoms with van der Waals surface area (Å²) in [5, 5.41) is 3.25. The summed E-state index contributed by atoms with van der Waals surface area (Å²) in [6.07, 6.45) is 0. The second-order valence-electron chi connectivity index (χ2n) is 8.13. The molecule has 0 aliphatic carbocycles. The third kappa shape index (κ3) is 5.06. The Morgan fingerprint density at radius 2 is 1.19 bits per heavy atom. The van der Waals surface area contributed by atoms with Crippen LogP contribution in [-0.2, 0) is 4.79 Å². The highest BCUT2D eigenvalue weighted by Gasteiger charge is 2.29. The maximum atomic E-state index is 13.2. The minimum Gasteiger partial charge on any atom is -0.344 e. The number of nitrogens with zero attached hydrogens (tertiary/aromatic N) is 2. The van der Waals surface area contributed by atoms with Gasteiger partial charge in [-0.3, -0.25) is 14.5 Å². The minimum absolute atomic E-state index is 0.00876. The molecule has 0 saturated carbocycles. The van der Waals surface area contributed by atoms with E-state index in [-0.39, 0.29) is 23.9 Å². The molecule has 5 heteroatoms. The van der Waals surface area contributed by atoms with Gasteiger partial charge >= 0.3 is 0 Å². The molecule has 0 radical (unpaired) electrons. The normalized spacial score (nSPS) is 15.4. The number of hydrogen-bond acceptors (Lipinski definition) is 3. The first-order chi connectivity index (χ1) is 15.6. The largest absolute Gasteiger partial charge is 0.344 e. The third-order valence-corrected chi connectivity index (χ3v) is 6.10. The number of carbonyl (C=O) groups excluding carboxylic acids is 2. The number of amides is 2. The average Bonchev–Trinajstić information content (AvgIpc) is 2.88. The first-order valence-corrected chi connectivity index (χ1v) is 11.1. The molecule has 164 valence electrons. The minimum atomic E-state index is -0.279. The lowest BCUT2D eigenvalue weighted by Crippen LogP contribution is -2.55. The van der Waals surface area contributed by atoms with Crippen LogP contribution in [0.2, 0.25) is 0 Å². The zero-order valence-corrected chi connectivity index (χ0v) is 18.4. The first kappa shape index (κ1) is 21.8. The highest BCUT2D eigenvalue weighted by atomic mass is 16.2. The molecule has 1 saturated heterocycles. The van der Waals surface area contributed by atoms with E-state index in [1.54, 1.807) is 0 Å². The van der Waals surface area contributed by atoms with Crippen molar-refractivity contribution < 1.29 is 9.59 Å². The summed E-state index contributed by atoms with van der Waals surface area (Å²) < 4.78 is 0. The number of nitrogens with one attached hydrogen (secondary N) is 1. The molecule has 5 nitrogen and oxygen atoms in total. The summed E-state index contributed by atoms with van der Waals surface area (Å²) in [6, 6.07) is 29.0. The Kier molecular flexibility index (Phi) is 6.97. The molecule has 1 unspecified atom stereocenters. The van der Waals surface area contributed by atoms with E-state index >= 15 is 0 Å². The number of rotatable bonds is 6. The summed E-state index contributed by atoms with van der Waals surface area (Å²) in [4.78, 5) is 29.9. The first-order valence-electron chi connectivity index (χ1n) is 11.1. The van der Waals surface area contributed by atoms with Gasteiger partial charge in [0.2, 0.25) is 5.91 Å². The van der Waals surface area contributed by atoms with E-state index in [1.165, 1.54) is 0 Å². The van der Waals surface area contributed by atoms with Crippen LogP contribution in [0.15, 0.2) is 91.0 Å². The van der Waals surface area contributed by atoms with E-state index in [0.29, 0.717) is 31.7 Å². The van der Waals surface area contributed by atoms with Crippen LogP contribution in [0.25, 0.3) is 0 Å². The Morgan fingerprint density at radius 3 is 1.69 bits per heavy atom. The molecule has 1 atom stereocenters. The van der Waals surface area contributed by atoms with Crippen molar-refractivity contribution in [2.75, 3.05) is 26.2 Å². The van der Waals surface area contributed by atoms with Crippen molar-refractivity contribution in [3.63, 3.8) is 0 Å². The van der Waals surface area contributed by atoms with Gasteiger partial charge in [-0.05, 0) is 30.2 Å². The molecule has 1 heterocycles. The molecule has 4 rings (SSSR count). The van der Waals surface area contributed by atoms with E-state index in [1.807, 2.05) is 103 Å². The predicted octanol–water partition coefficient (Wildman–Crippen LogP) is 3.74. The number of hydrogen-bond donors (Lipinski definition) is 1. The van der Waals surface area contributed by atoms with E-state index < -0.39 is 0 Å². The van der Waals surface area contributed by atoms with Crippen LogP contribution in [0.4, 0.5) is 0 Å². The predicted molar refractivity (Wildman–Crippen MR) is 126 cm³/mol. The van der Waals surface area contributed by atoms with Gasteiger partial charge in [-0.2, -0.15) is 0 Å². The fourth-order valence-electron chi connectivity index (χ4n) is 4.15. The van der Waals surface area contributed by atoms with Crippen LogP contribution in [0.3, 0.4) is 0 Å². The standard InChI is InChI=1S/C27H29N3O2/c1-21(29-17-19-30(20-18-29)27(32)24-15-9-4-10-16-24)26(31)28-25(22-11-5-2-6-12-22)23-13-7-3-8-14-23/h2-16,21,25H,17-20H2,1H3,(H,28,31). The Balaban J connectivity index is 1.39. The number of piperazine rings is 1. The zero-order chi connectivity index (χ0) is 22.3. The highest BCUT2D eigenvalue weighted by Crippen LogP contribution is 2.22. The second kappa shape index (κ2) is 10.2. The molecule has 3 aromatic rings. The van der Waals surface area contributed by atoms with Gasteiger partial charge in [0.05, 0.1) is 12.1 Å². The van der Waals surface area contributed by atoms with Gasteiger partial charge in [0.1, 0.15) is 0 Å². The van der Waals surface area contributed by atoms with Crippen molar-refractivity contribution in [1.82, 2.24) is 15.1 Å². The lowest BCUT2D eigenvalue weighted by Gasteiger charge is -2.38. The molecule has 0 bridgehead atoms. The maximum absolute atomic E-state index is 13.2. The molecule has 2 amide bonds. The summed E-state index contributed by atoms with van der Waals surface area (Å²) in [5.41, 5.74) is 2.82. The zero-order valence-electron chi connectivity index (χ0n) is 18.4. The quantitative estimate of drug-likeness (QED) is 0.652. The summed E-state index contributed by atoms with van der Waals surface area (Å²) in [5.74, 6) is 0.0427. The van der Waals surface area contributed by atoms with Gasteiger partial charge in [0, 0.05) is 31.7 Å². The van der Waals surface area contributed by atoms with Crippen LogP contribution in [0.1, 0.15) is 34.5 Å². The van der Waals surface area contributed by atoms with Crippen molar-refractivity contribution >= 4 is 11.8 Å². The van der Waals surface area contributed by atoms with Crippen molar-refractivity contribution in [3.8, 4) is 0 Å². The second-order valence-corrected chi connectivity index (χ2v) is 8.13. The lowest BCUT2D eigenvalue weighted by molar-refractivity contribution is -0.126. The molecule has 0 spiro atoms. The van der Waals surface area contributed by atoms with E-state index in [9.17, 15) is 9.59 Å². The molecule has 1 aliphatic heterocycles. The smallest absolute Gasteiger partial charge is 0.253 e. The van der Waals surface area contributed by atoms with Crippen molar-refractivity contribution in [2.45, 2.75) is 19.0 Å². The molecular weight excluding hydrogens is 398 g/mol. The SMILES string of the molecule is CC(C(=O)NC(c1ccccc1)c1ccccc1)N1CCN(C(=O)c2ccccc2)CC1. The monoisotopic (exact) mass is 427 g/mol. The summed E-state index contributed by atoms with van der Waals surface area (Å²) >= 11 is 0. The van der Waals surface area contributed by atoms with Gasteiger partial charge in [0.15, 0.2) is 0 Å². The van der Waals surface area contributed by atoms with Crippen LogP contribution < -0.4 is 5.32 Å². The van der Waals surface area contributed by atoms with Crippen LogP contribution in [-0.4, -0.2) is 53.8 Å². The third-order valence-electron chi connectivity index (χ3n) is 6.10. The Bertz CT molecular complexity index is 977. The molecular formula is C27H29N3O2. The fourth-order valence-corrected chi connectivity index (χ4v) is 4.15. The molecule has 3 aromatic carbocycles. The van der Waals surface area contributed by atoms with Gasteiger partial charge in [-0.25, -0.2) is 0 Å². The van der Waals surface area contributed by atoms with Crippen LogP contribution in [0, 0.1) is 0 Å². The van der Waals surface area contributed by atoms with Crippen LogP contribution in [0.5, 0.6) is 0 Å². The van der Waals surface area contributed by atoms with Gasteiger partial charge < -0.3 is 10.2 Å².